The van der Waals surface area contributed by atoms with Gasteiger partial charge in [-0.25, -0.2) is 13.2 Å². The van der Waals surface area contributed by atoms with Crippen LogP contribution in [0.4, 0.5) is 18.9 Å². The molecular formula is C15H14F3NO. The predicted molar refractivity (Wildman–Crippen MR) is 71.2 cm³/mol. The lowest BCUT2D eigenvalue weighted by Crippen LogP contribution is -2.19. The fourth-order valence-corrected chi connectivity index (χ4v) is 1.94. The molecule has 0 aliphatic rings. The maximum atomic E-state index is 13.5. The van der Waals surface area contributed by atoms with Gasteiger partial charge in [0.15, 0.2) is 11.6 Å². The molecule has 0 aromatic heterocycles. The molecule has 2 nitrogen and oxygen atoms in total. The second kappa shape index (κ2) is 5.86. The summed E-state index contributed by atoms with van der Waals surface area (Å²) in [5, 5.41) is 12.0. The number of hydrogen-bond acceptors (Lipinski definition) is 2. The molecule has 0 fully saturated rings. The van der Waals surface area contributed by atoms with Gasteiger partial charge in [-0.3, -0.25) is 0 Å². The molecule has 0 amide bonds. The highest BCUT2D eigenvalue weighted by Gasteiger charge is 2.12. The number of benzene rings is 2. The third-order valence-electron chi connectivity index (χ3n) is 2.89. The average Bonchev–Trinajstić information content (AvgIpc) is 2.39. The largest absolute Gasteiger partial charge is 0.508 e. The van der Waals surface area contributed by atoms with Gasteiger partial charge in [0.25, 0.3) is 0 Å². The van der Waals surface area contributed by atoms with Crippen LogP contribution in [-0.2, 0) is 6.42 Å². The Labute approximate surface area is 114 Å². The molecule has 0 spiro atoms. The number of anilines is 1. The zero-order valence-electron chi connectivity index (χ0n) is 10.8. The van der Waals surface area contributed by atoms with Crippen LogP contribution in [0.25, 0.3) is 0 Å². The number of halogens is 3. The Morgan fingerprint density at radius 3 is 2.25 bits per heavy atom. The van der Waals surface area contributed by atoms with Gasteiger partial charge in [-0.1, -0.05) is 12.1 Å². The highest BCUT2D eigenvalue weighted by molar-refractivity contribution is 5.46. The van der Waals surface area contributed by atoms with Gasteiger partial charge in [-0.05, 0) is 31.0 Å². The van der Waals surface area contributed by atoms with Crippen molar-refractivity contribution in [2.45, 2.75) is 19.4 Å². The predicted octanol–water partition coefficient (Wildman–Crippen LogP) is 3.85. The third-order valence-corrected chi connectivity index (χ3v) is 2.89. The maximum absolute atomic E-state index is 13.5. The van der Waals surface area contributed by atoms with Crippen LogP contribution < -0.4 is 5.32 Å². The number of aromatic hydroxyl groups is 1. The van der Waals surface area contributed by atoms with Gasteiger partial charge in [-0.15, -0.1) is 0 Å². The molecule has 20 heavy (non-hydrogen) atoms. The Morgan fingerprint density at radius 1 is 1.00 bits per heavy atom. The monoisotopic (exact) mass is 281 g/mol. The first-order valence-electron chi connectivity index (χ1n) is 6.14. The molecule has 0 saturated carbocycles. The van der Waals surface area contributed by atoms with E-state index in [9.17, 15) is 18.3 Å². The Bertz CT molecular complexity index is 599. The van der Waals surface area contributed by atoms with Crippen molar-refractivity contribution in [3.05, 3.63) is 59.4 Å². The molecule has 2 N–H and O–H groups in total. The number of nitrogens with one attached hydrogen (secondary N) is 1. The third kappa shape index (κ3) is 3.44. The van der Waals surface area contributed by atoms with E-state index in [0.29, 0.717) is 12.5 Å². The van der Waals surface area contributed by atoms with Crippen LogP contribution in [0.15, 0.2) is 36.4 Å². The molecule has 2 aromatic rings. The lowest BCUT2D eigenvalue weighted by atomic mass is 10.1. The van der Waals surface area contributed by atoms with Gasteiger partial charge in [0.05, 0.1) is 5.69 Å². The second-order valence-corrected chi connectivity index (χ2v) is 4.66. The minimum Gasteiger partial charge on any atom is -0.508 e. The summed E-state index contributed by atoms with van der Waals surface area (Å²) in [5.41, 5.74) is 0.862. The molecule has 0 bridgehead atoms. The molecule has 0 saturated heterocycles. The van der Waals surface area contributed by atoms with Crippen molar-refractivity contribution in [1.82, 2.24) is 0 Å². The summed E-state index contributed by atoms with van der Waals surface area (Å²) >= 11 is 0. The van der Waals surface area contributed by atoms with Crippen LogP contribution in [-0.4, -0.2) is 11.1 Å². The van der Waals surface area contributed by atoms with Gasteiger partial charge >= 0.3 is 0 Å². The van der Waals surface area contributed by atoms with Crippen LogP contribution in [0, 0.1) is 17.5 Å². The van der Waals surface area contributed by atoms with Crippen LogP contribution in [0.2, 0.25) is 0 Å². The van der Waals surface area contributed by atoms with E-state index in [1.54, 1.807) is 31.2 Å². The fraction of sp³-hybridized carbons (Fsp3) is 0.200. The summed E-state index contributed by atoms with van der Waals surface area (Å²) in [5.74, 6) is -2.97. The lowest BCUT2D eigenvalue weighted by Gasteiger charge is -2.16. The van der Waals surface area contributed by atoms with Crippen molar-refractivity contribution in [3.63, 3.8) is 0 Å². The lowest BCUT2D eigenvalue weighted by molar-refractivity contribution is 0.475. The number of phenols is 1. The Balaban J connectivity index is 2.06. The summed E-state index contributed by atoms with van der Waals surface area (Å²) in [7, 11) is 0. The Hall–Kier alpha value is -2.17. The van der Waals surface area contributed by atoms with Crippen LogP contribution in [0.3, 0.4) is 0 Å². The van der Waals surface area contributed by atoms with E-state index < -0.39 is 17.5 Å². The van der Waals surface area contributed by atoms with E-state index in [1.807, 2.05) is 0 Å². The zero-order chi connectivity index (χ0) is 14.7. The fourth-order valence-electron chi connectivity index (χ4n) is 1.94. The van der Waals surface area contributed by atoms with Crippen molar-refractivity contribution in [2.24, 2.45) is 0 Å². The van der Waals surface area contributed by atoms with Crippen molar-refractivity contribution >= 4 is 5.69 Å². The molecule has 5 heteroatoms. The summed E-state index contributed by atoms with van der Waals surface area (Å²) in [6.07, 6.45) is 0.554. The van der Waals surface area contributed by atoms with Gasteiger partial charge in [0.1, 0.15) is 11.6 Å². The van der Waals surface area contributed by atoms with Gasteiger partial charge in [0, 0.05) is 18.2 Å². The number of rotatable bonds is 4. The highest BCUT2D eigenvalue weighted by Crippen LogP contribution is 2.20. The molecule has 0 radical (unpaired) electrons. The Morgan fingerprint density at radius 2 is 1.60 bits per heavy atom. The molecule has 2 aromatic carbocycles. The van der Waals surface area contributed by atoms with Crippen LogP contribution in [0.5, 0.6) is 5.75 Å². The molecule has 2 rings (SSSR count). The first-order valence-corrected chi connectivity index (χ1v) is 6.14. The number of phenolic OH excluding ortho intramolecular Hbond substituents is 1. The molecule has 0 aliphatic heterocycles. The SMILES string of the molecule is CC(Cc1ccc(O)cc1)Nc1cc(F)c(F)cc1F. The minimum absolute atomic E-state index is 0.0739. The van der Waals surface area contributed by atoms with E-state index in [0.717, 1.165) is 11.6 Å². The highest BCUT2D eigenvalue weighted by atomic mass is 19.2. The summed E-state index contributed by atoms with van der Waals surface area (Å²) in [6.45, 7) is 1.80. The Kier molecular flexibility index (Phi) is 4.17. The van der Waals surface area contributed by atoms with E-state index in [4.69, 9.17) is 0 Å². The first-order chi connectivity index (χ1) is 9.45. The summed E-state index contributed by atoms with van der Waals surface area (Å²) in [6, 6.07) is 7.74. The minimum atomic E-state index is -1.21. The molecule has 0 aliphatic carbocycles. The molecule has 0 heterocycles. The molecule has 1 atom stereocenters. The smallest absolute Gasteiger partial charge is 0.161 e. The number of hydrogen-bond donors (Lipinski definition) is 2. The first kappa shape index (κ1) is 14.2. The van der Waals surface area contributed by atoms with E-state index >= 15 is 0 Å². The van der Waals surface area contributed by atoms with Crippen LogP contribution in [0.1, 0.15) is 12.5 Å². The average molecular weight is 281 g/mol. The normalized spacial score (nSPS) is 12.2. The maximum Gasteiger partial charge on any atom is 0.161 e. The van der Waals surface area contributed by atoms with Crippen LogP contribution >= 0.6 is 0 Å². The molecule has 1 unspecified atom stereocenters. The van der Waals surface area contributed by atoms with Gasteiger partial charge in [-0.2, -0.15) is 0 Å². The topological polar surface area (TPSA) is 32.3 Å². The standard InChI is InChI=1S/C15H14F3NO/c1-9(6-10-2-4-11(20)5-3-10)19-15-8-13(17)12(16)7-14(15)18/h2-5,7-9,19-20H,6H2,1H3. The van der Waals surface area contributed by atoms with Crippen molar-refractivity contribution in [3.8, 4) is 5.75 Å². The van der Waals surface area contributed by atoms with Crippen molar-refractivity contribution in [1.29, 1.82) is 0 Å². The summed E-state index contributed by atoms with van der Waals surface area (Å²) in [4.78, 5) is 0. The van der Waals surface area contributed by atoms with E-state index in [2.05, 4.69) is 5.32 Å². The second-order valence-electron chi connectivity index (χ2n) is 4.66. The molecule has 106 valence electrons. The van der Waals surface area contributed by atoms with Crippen molar-refractivity contribution < 1.29 is 18.3 Å². The zero-order valence-corrected chi connectivity index (χ0v) is 10.8. The summed E-state index contributed by atoms with van der Waals surface area (Å²) < 4.78 is 39.4. The molecular weight excluding hydrogens is 267 g/mol. The van der Waals surface area contributed by atoms with Gasteiger partial charge in [0.2, 0.25) is 0 Å². The van der Waals surface area contributed by atoms with E-state index in [-0.39, 0.29) is 17.5 Å². The quantitative estimate of drug-likeness (QED) is 0.834. The van der Waals surface area contributed by atoms with Gasteiger partial charge < -0.3 is 10.4 Å². The van der Waals surface area contributed by atoms with E-state index in [1.165, 1.54) is 0 Å². The van der Waals surface area contributed by atoms with Crippen molar-refractivity contribution in [2.75, 3.05) is 5.32 Å².